The molecule has 0 saturated heterocycles. The number of aromatic nitrogens is 1. The summed E-state index contributed by atoms with van der Waals surface area (Å²) in [4.78, 5) is 25.1. The van der Waals surface area contributed by atoms with E-state index in [1.54, 1.807) is 13.0 Å². The van der Waals surface area contributed by atoms with Gasteiger partial charge in [0.15, 0.2) is 0 Å². The molecule has 2 N–H and O–H groups in total. The second kappa shape index (κ2) is 4.83. The van der Waals surface area contributed by atoms with E-state index in [1.165, 1.54) is 30.5 Å². The lowest BCUT2D eigenvalue weighted by Crippen LogP contribution is -2.14. The molecule has 0 aliphatic carbocycles. The Morgan fingerprint density at radius 1 is 1.28 bits per heavy atom. The van der Waals surface area contributed by atoms with Crippen molar-refractivity contribution in [3.63, 3.8) is 0 Å². The normalized spacial score (nSPS) is 10.1. The molecule has 0 radical (unpaired) electrons. The maximum absolute atomic E-state index is 13.1. The lowest BCUT2D eigenvalue weighted by molar-refractivity contribution is 0.102. The van der Waals surface area contributed by atoms with E-state index in [0.717, 1.165) is 0 Å². The summed E-state index contributed by atoms with van der Waals surface area (Å²) >= 11 is 0. The number of amides is 1. The summed E-state index contributed by atoms with van der Waals surface area (Å²) in [7, 11) is 0. The number of carbonyl (C=O) groups is 1. The van der Waals surface area contributed by atoms with Gasteiger partial charge in [-0.2, -0.15) is 0 Å². The fourth-order valence-corrected chi connectivity index (χ4v) is 1.48. The molecule has 1 aromatic carbocycles. The first-order chi connectivity index (χ1) is 8.56. The van der Waals surface area contributed by atoms with Crippen LogP contribution < -0.4 is 10.9 Å². The van der Waals surface area contributed by atoms with Crippen LogP contribution in [0.3, 0.4) is 0 Å². The minimum atomic E-state index is -0.364. The van der Waals surface area contributed by atoms with Crippen molar-refractivity contribution in [3.05, 3.63) is 63.8 Å². The van der Waals surface area contributed by atoms with E-state index in [0.29, 0.717) is 16.8 Å². The number of aromatic amines is 1. The van der Waals surface area contributed by atoms with Gasteiger partial charge in [0.05, 0.1) is 5.56 Å². The van der Waals surface area contributed by atoms with Crippen LogP contribution in [-0.4, -0.2) is 10.9 Å². The van der Waals surface area contributed by atoms with E-state index >= 15 is 0 Å². The van der Waals surface area contributed by atoms with Crippen molar-refractivity contribution in [1.29, 1.82) is 0 Å². The molecule has 4 nitrogen and oxygen atoms in total. The monoisotopic (exact) mass is 246 g/mol. The third-order valence-corrected chi connectivity index (χ3v) is 2.46. The molecular formula is C13H11FN2O2. The Morgan fingerprint density at radius 2 is 2.06 bits per heavy atom. The molecule has 0 atom stereocenters. The van der Waals surface area contributed by atoms with Gasteiger partial charge in [0.25, 0.3) is 5.91 Å². The van der Waals surface area contributed by atoms with Crippen molar-refractivity contribution in [2.24, 2.45) is 0 Å². The van der Waals surface area contributed by atoms with Crippen molar-refractivity contribution < 1.29 is 9.18 Å². The van der Waals surface area contributed by atoms with Crippen LogP contribution in [0.25, 0.3) is 0 Å². The minimum absolute atomic E-state index is 0.274. The van der Waals surface area contributed by atoms with Gasteiger partial charge in [0, 0.05) is 18.0 Å². The van der Waals surface area contributed by atoms with Crippen LogP contribution in [0.5, 0.6) is 0 Å². The van der Waals surface area contributed by atoms with E-state index in [-0.39, 0.29) is 17.3 Å². The summed E-state index contributed by atoms with van der Waals surface area (Å²) in [5, 5.41) is 2.62. The molecule has 0 spiro atoms. The molecule has 0 aliphatic rings. The van der Waals surface area contributed by atoms with Crippen molar-refractivity contribution in [2.45, 2.75) is 6.92 Å². The first kappa shape index (κ1) is 12.0. The highest BCUT2D eigenvalue weighted by Crippen LogP contribution is 2.14. The molecule has 0 bridgehead atoms. The zero-order valence-electron chi connectivity index (χ0n) is 9.66. The molecule has 18 heavy (non-hydrogen) atoms. The predicted octanol–water partition coefficient (Wildman–Crippen LogP) is 2.07. The van der Waals surface area contributed by atoms with Gasteiger partial charge in [-0.1, -0.05) is 0 Å². The van der Waals surface area contributed by atoms with Crippen LogP contribution in [0.15, 0.2) is 41.3 Å². The zero-order chi connectivity index (χ0) is 13.1. The van der Waals surface area contributed by atoms with Crippen molar-refractivity contribution >= 4 is 11.6 Å². The van der Waals surface area contributed by atoms with Crippen LogP contribution in [0.4, 0.5) is 10.1 Å². The molecule has 2 rings (SSSR count). The number of hydrogen-bond donors (Lipinski definition) is 2. The molecule has 1 heterocycles. The molecule has 1 amide bonds. The van der Waals surface area contributed by atoms with Crippen LogP contribution in [0.1, 0.15) is 15.9 Å². The maximum Gasteiger partial charge on any atom is 0.257 e. The Hall–Kier alpha value is -2.43. The highest BCUT2D eigenvalue weighted by atomic mass is 19.1. The van der Waals surface area contributed by atoms with Crippen LogP contribution in [-0.2, 0) is 0 Å². The summed E-state index contributed by atoms with van der Waals surface area (Å²) in [6, 6.07) is 7.00. The number of halogens is 1. The van der Waals surface area contributed by atoms with Gasteiger partial charge < -0.3 is 10.3 Å². The average Bonchev–Trinajstić information content (AvgIpc) is 2.34. The summed E-state index contributed by atoms with van der Waals surface area (Å²) in [5.74, 6) is -0.686. The van der Waals surface area contributed by atoms with Gasteiger partial charge in [-0.25, -0.2) is 4.39 Å². The standard InChI is InChI=1S/C13H11FN2O2/c1-8-6-10(3-4-11(8)14)16-13(18)9-2-5-12(17)15-7-9/h2-7H,1H3,(H,15,17)(H,16,18). The second-order valence-electron chi connectivity index (χ2n) is 3.86. The van der Waals surface area contributed by atoms with Gasteiger partial charge in [-0.15, -0.1) is 0 Å². The molecule has 5 heteroatoms. The topological polar surface area (TPSA) is 62.0 Å². The summed E-state index contributed by atoms with van der Waals surface area (Å²) in [6.07, 6.45) is 1.33. The molecule has 1 aromatic heterocycles. The largest absolute Gasteiger partial charge is 0.328 e. The molecule has 0 aliphatic heterocycles. The van der Waals surface area contributed by atoms with Crippen molar-refractivity contribution in [3.8, 4) is 0 Å². The van der Waals surface area contributed by atoms with Gasteiger partial charge >= 0.3 is 0 Å². The SMILES string of the molecule is Cc1cc(NC(=O)c2ccc(=O)[nH]c2)ccc1F. The summed E-state index contributed by atoms with van der Waals surface area (Å²) in [5.41, 5.74) is 1.01. The Balaban J connectivity index is 2.18. The summed E-state index contributed by atoms with van der Waals surface area (Å²) < 4.78 is 13.1. The Morgan fingerprint density at radius 3 is 2.67 bits per heavy atom. The zero-order valence-corrected chi connectivity index (χ0v) is 9.66. The van der Waals surface area contributed by atoms with E-state index in [9.17, 15) is 14.0 Å². The third-order valence-electron chi connectivity index (χ3n) is 2.46. The fraction of sp³-hybridized carbons (Fsp3) is 0.0769. The number of H-pyrrole nitrogens is 1. The third kappa shape index (κ3) is 2.63. The first-order valence-corrected chi connectivity index (χ1v) is 5.32. The van der Waals surface area contributed by atoms with Gasteiger partial charge in [-0.05, 0) is 36.8 Å². The van der Waals surface area contributed by atoms with Gasteiger partial charge in [-0.3, -0.25) is 9.59 Å². The number of carbonyl (C=O) groups excluding carboxylic acids is 1. The highest BCUT2D eigenvalue weighted by molar-refractivity contribution is 6.04. The van der Waals surface area contributed by atoms with E-state index in [4.69, 9.17) is 0 Å². The van der Waals surface area contributed by atoms with Gasteiger partial charge in [0.1, 0.15) is 5.82 Å². The Kier molecular flexibility index (Phi) is 3.23. The fourth-order valence-electron chi connectivity index (χ4n) is 1.48. The first-order valence-electron chi connectivity index (χ1n) is 5.32. The number of nitrogens with one attached hydrogen (secondary N) is 2. The molecule has 92 valence electrons. The number of hydrogen-bond acceptors (Lipinski definition) is 2. The number of benzene rings is 1. The minimum Gasteiger partial charge on any atom is -0.328 e. The average molecular weight is 246 g/mol. The predicted molar refractivity (Wildman–Crippen MR) is 66.2 cm³/mol. The number of anilines is 1. The quantitative estimate of drug-likeness (QED) is 0.852. The van der Waals surface area contributed by atoms with Crippen LogP contribution in [0.2, 0.25) is 0 Å². The Labute approximate surface area is 102 Å². The molecule has 2 aromatic rings. The van der Waals surface area contributed by atoms with E-state index in [2.05, 4.69) is 10.3 Å². The Bertz CT molecular complexity index is 629. The molecule has 0 unspecified atom stereocenters. The molecule has 0 saturated carbocycles. The summed E-state index contributed by atoms with van der Waals surface area (Å²) in [6.45, 7) is 1.62. The highest BCUT2D eigenvalue weighted by Gasteiger charge is 2.06. The lowest BCUT2D eigenvalue weighted by atomic mass is 10.2. The number of rotatable bonds is 2. The molecular weight excluding hydrogens is 235 g/mol. The van der Waals surface area contributed by atoms with Crippen LogP contribution in [0, 0.1) is 12.7 Å². The van der Waals surface area contributed by atoms with Crippen molar-refractivity contribution in [1.82, 2.24) is 4.98 Å². The van der Waals surface area contributed by atoms with Crippen molar-refractivity contribution in [2.75, 3.05) is 5.32 Å². The lowest BCUT2D eigenvalue weighted by Gasteiger charge is -2.06. The second-order valence-corrected chi connectivity index (χ2v) is 3.86. The van der Waals surface area contributed by atoms with E-state index < -0.39 is 0 Å². The van der Waals surface area contributed by atoms with Crippen LogP contribution >= 0.6 is 0 Å². The smallest absolute Gasteiger partial charge is 0.257 e. The molecule has 0 fully saturated rings. The van der Waals surface area contributed by atoms with E-state index in [1.807, 2.05) is 0 Å². The number of pyridine rings is 1. The maximum atomic E-state index is 13.1. The van der Waals surface area contributed by atoms with Gasteiger partial charge in [0.2, 0.25) is 5.56 Å². The number of aryl methyl sites for hydroxylation is 1.